The first-order chi connectivity index (χ1) is 8.99. The first kappa shape index (κ1) is 14.3. The molecule has 1 aliphatic rings. The van der Waals surface area contributed by atoms with Crippen molar-refractivity contribution in [2.45, 2.75) is 51.5 Å². The monoisotopic (exact) mass is 280 g/mol. The van der Waals surface area contributed by atoms with E-state index >= 15 is 0 Å². The molecular weight excluding hydrogens is 256 g/mol. The van der Waals surface area contributed by atoms with Gasteiger partial charge in [-0.15, -0.1) is 11.3 Å². The van der Waals surface area contributed by atoms with Crippen LogP contribution >= 0.6 is 11.3 Å². The Morgan fingerprint density at radius 3 is 2.74 bits per heavy atom. The van der Waals surface area contributed by atoms with Crippen molar-refractivity contribution in [1.82, 2.24) is 15.6 Å². The van der Waals surface area contributed by atoms with E-state index < -0.39 is 0 Å². The number of thiazole rings is 1. The topological polar surface area (TPSA) is 49.3 Å². The van der Waals surface area contributed by atoms with Gasteiger partial charge in [-0.05, 0) is 12.8 Å². The summed E-state index contributed by atoms with van der Waals surface area (Å²) in [5.74, 6) is 0.911. The molecule has 0 aromatic carbocycles. The number of guanidine groups is 1. The number of nitrogens with zero attached hydrogens (tertiary/aromatic N) is 2. The minimum atomic E-state index is 0.153. The summed E-state index contributed by atoms with van der Waals surface area (Å²) >= 11 is 1.76. The zero-order valence-corrected chi connectivity index (χ0v) is 13.1. The molecule has 0 aliphatic heterocycles. The van der Waals surface area contributed by atoms with Crippen molar-refractivity contribution in [2.24, 2.45) is 4.99 Å². The third kappa shape index (κ3) is 4.49. The van der Waals surface area contributed by atoms with E-state index in [1.54, 1.807) is 11.3 Å². The smallest absolute Gasteiger partial charge is 0.191 e. The molecule has 1 aromatic rings. The van der Waals surface area contributed by atoms with Gasteiger partial charge in [0.1, 0.15) is 0 Å². The largest absolute Gasteiger partial charge is 0.356 e. The predicted octanol–water partition coefficient (Wildman–Crippen LogP) is 2.31. The molecule has 4 nitrogen and oxygen atoms in total. The molecule has 19 heavy (non-hydrogen) atoms. The summed E-state index contributed by atoms with van der Waals surface area (Å²) in [6.45, 7) is 7.49. The van der Waals surface area contributed by atoms with Crippen LogP contribution in [-0.4, -0.2) is 30.6 Å². The van der Waals surface area contributed by atoms with E-state index in [9.17, 15) is 0 Å². The van der Waals surface area contributed by atoms with Crippen LogP contribution in [0.25, 0.3) is 0 Å². The summed E-state index contributed by atoms with van der Waals surface area (Å²) in [4.78, 5) is 8.92. The maximum absolute atomic E-state index is 4.70. The van der Waals surface area contributed by atoms with Gasteiger partial charge in [0.05, 0.1) is 10.7 Å². The normalized spacial score (nSPS) is 16.5. The molecule has 0 unspecified atom stereocenters. The highest BCUT2D eigenvalue weighted by molar-refractivity contribution is 7.09. The van der Waals surface area contributed by atoms with E-state index in [-0.39, 0.29) is 5.41 Å². The van der Waals surface area contributed by atoms with Crippen LogP contribution in [0.4, 0.5) is 0 Å². The van der Waals surface area contributed by atoms with Crippen molar-refractivity contribution in [2.75, 3.05) is 13.6 Å². The molecule has 0 amide bonds. The lowest BCUT2D eigenvalue weighted by Gasteiger charge is -2.13. The second-order valence-corrected chi connectivity index (χ2v) is 6.92. The van der Waals surface area contributed by atoms with Gasteiger partial charge in [0.15, 0.2) is 5.96 Å². The minimum absolute atomic E-state index is 0.153. The van der Waals surface area contributed by atoms with Gasteiger partial charge in [0.25, 0.3) is 0 Å². The quantitative estimate of drug-likeness (QED) is 0.657. The van der Waals surface area contributed by atoms with Gasteiger partial charge in [-0.25, -0.2) is 4.98 Å². The lowest BCUT2D eigenvalue weighted by atomic mass is 9.98. The van der Waals surface area contributed by atoms with Crippen molar-refractivity contribution in [1.29, 1.82) is 0 Å². The molecule has 0 atom stereocenters. The number of aromatic nitrogens is 1. The summed E-state index contributed by atoms with van der Waals surface area (Å²) in [6.07, 6.45) is 3.47. The van der Waals surface area contributed by atoms with E-state index in [1.165, 1.54) is 23.5 Å². The summed E-state index contributed by atoms with van der Waals surface area (Å²) in [6, 6.07) is 0.637. The Labute approximate surface area is 119 Å². The molecule has 1 aromatic heterocycles. The molecule has 1 heterocycles. The Bertz CT molecular complexity index is 441. The maximum Gasteiger partial charge on any atom is 0.191 e. The van der Waals surface area contributed by atoms with Crippen molar-refractivity contribution in [3.63, 3.8) is 0 Å². The fourth-order valence-electron chi connectivity index (χ4n) is 1.69. The molecule has 2 rings (SSSR count). The molecule has 0 radical (unpaired) electrons. The van der Waals surface area contributed by atoms with Crippen LogP contribution in [0.3, 0.4) is 0 Å². The molecule has 0 spiro atoms. The second-order valence-electron chi connectivity index (χ2n) is 6.06. The van der Waals surface area contributed by atoms with Gasteiger partial charge < -0.3 is 10.6 Å². The third-order valence-corrected chi connectivity index (χ3v) is 4.33. The Morgan fingerprint density at radius 2 is 2.21 bits per heavy atom. The first-order valence-corrected chi connectivity index (χ1v) is 7.79. The summed E-state index contributed by atoms with van der Waals surface area (Å²) < 4.78 is 0. The highest BCUT2D eigenvalue weighted by Gasteiger charge is 2.22. The summed E-state index contributed by atoms with van der Waals surface area (Å²) in [7, 11) is 1.82. The van der Waals surface area contributed by atoms with E-state index in [0.29, 0.717) is 6.04 Å². The van der Waals surface area contributed by atoms with E-state index in [4.69, 9.17) is 4.98 Å². The van der Waals surface area contributed by atoms with E-state index in [2.05, 4.69) is 41.8 Å². The van der Waals surface area contributed by atoms with Gasteiger partial charge in [-0.2, -0.15) is 0 Å². The molecule has 1 fully saturated rings. The Balaban J connectivity index is 1.77. The molecule has 0 bridgehead atoms. The Hall–Kier alpha value is -1.10. The van der Waals surface area contributed by atoms with Gasteiger partial charge in [0.2, 0.25) is 0 Å². The number of hydrogen-bond acceptors (Lipinski definition) is 3. The van der Waals surface area contributed by atoms with Gasteiger partial charge in [-0.1, -0.05) is 20.8 Å². The zero-order valence-electron chi connectivity index (χ0n) is 12.3. The van der Waals surface area contributed by atoms with Crippen molar-refractivity contribution >= 4 is 17.3 Å². The average Bonchev–Trinajstić information content (AvgIpc) is 3.01. The second kappa shape index (κ2) is 5.90. The predicted molar refractivity (Wildman–Crippen MR) is 82.0 cm³/mol. The fraction of sp³-hybridized carbons (Fsp3) is 0.714. The summed E-state index contributed by atoms with van der Waals surface area (Å²) in [5, 5.41) is 10.1. The van der Waals surface area contributed by atoms with Gasteiger partial charge in [0, 0.05) is 36.9 Å². The molecule has 106 valence electrons. The first-order valence-electron chi connectivity index (χ1n) is 6.91. The fourth-order valence-corrected chi connectivity index (χ4v) is 2.63. The van der Waals surface area contributed by atoms with E-state index in [0.717, 1.165) is 18.9 Å². The van der Waals surface area contributed by atoms with Crippen molar-refractivity contribution in [3.8, 4) is 0 Å². The Kier molecular flexibility index (Phi) is 4.45. The highest BCUT2D eigenvalue weighted by atomic mass is 32.1. The van der Waals surface area contributed by atoms with Crippen LogP contribution in [0.1, 0.15) is 44.3 Å². The van der Waals surface area contributed by atoms with Crippen LogP contribution in [0.2, 0.25) is 0 Å². The number of hydrogen-bond donors (Lipinski definition) is 2. The standard InChI is InChI=1S/C14H24N4S/c1-14(2,3)12-17-11(9-19-12)7-8-16-13(15-4)18-10-5-6-10/h9-10H,5-8H2,1-4H3,(H2,15,16,18). The van der Waals surface area contributed by atoms with Gasteiger partial charge >= 0.3 is 0 Å². The zero-order chi connectivity index (χ0) is 13.9. The lowest BCUT2D eigenvalue weighted by Crippen LogP contribution is -2.39. The average molecular weight is 280 g/mol. The molecule has 5 heteroatoms. The van der Waals surface area contributed by atoms with Crippen LogP contribution in [-0.2, 0) is 11.8 Å². The molecule has 0 saturated heterocycles. The van der Waals surface area contributed by atoms with Crippen LogP contribution < -0.4 is 10.6 Å². The van der Waals surface area contributed by atoms with Crippen LogP contribution in [0, 0.1) is 0 Å². The molecule has 1 saturated carbocycles. The van der Waals surface area contributed by atoms with Gasteiger partial charge in [-0.3, -0.25) is 4.99 Å². The minimum Gasteiger partial charge on any atom is -0.356 e. The number of nitrogens with one attached hydrogen (secondary N) is 2. The highest BCUT2D eigenvalue weighted by Crippen LogP contribution is 2.25. The summed E-state index contributed by atoms with van der Waals surface area (Å²) in [5.41, 5.74) is 1.32. The van der Waals surface area contributed by atoms with Crippen molar-refractivity contribution in [3.05, 3.63) is 16.1 Å². The molecule has 2 N–H and O–H groups in total. The van der Waals surface area contributed by atoms with E-state index in [1.807, 2.05) is 7.05 Å². The number of rotatable bonds is 4. The third-order valence-electron chi connectivity index (χ3n) is 3.01. The van der Waals surface area contributed by atoms with Crippen LogP contribution in [0.15, 0.2) is 10.4 Å². The SMILES string of the molecule is CN=C(NCCc1csc(C(C)(C)C)n1)NC1CC1. The number of aliphatic imine (C=N–C) groups is 1. The molecular formula is C14H24N4S. The van der Waals surface area contributed by atoms with Crippen molar-refractivity contribution < 1.29 is 0 Å². The Morgan fingerprint density at radius 1 is 1.47 bits per heavy atom. The van der Waals surface area contributed by atoms with Crippen LogP contribution in [0.5, 0.6) is 0 Å². The maximum atomic E-state index is 4.70. The molecule has 1 aliphatic carbocycles. The lowest BCUT2D eigenvalue weighted by molar-refractivity contribution is 0.582.